The van der Waals surface area contributed by atoms with Crippen LogP contribution in [0.25, 0.3) is 0 Å². The van der Waals surface area contributed by atoms with Crippen molar-refractivity contribution in [2.75, 3.05) is 0 Å². The first-order valence-electron chi connectivity index (χ1n) is 9.25. The summed E-state index contributed by atoms with van der Waals surface area (Å²) in [4.78, 5) is 12.0. The summed E-state index contributed by atoms with van der Waals surface area (Å²) < 4.78 is 0. The molecule has 124 valence electrons. The number of hydrogen-bond acceptors (Lipinski definition) is 2. The van der Waals surface area contributed by atoms with E-state index in [4.69, 9.17) is 5.26 Å². The highest BCUT2D eigenvalue weighted by Gasteiger charge is 2.48. The van der Waals surface area contributed by atoms with Crippen LogP contribution in [0.15, 0.2) is 0 Å². The molecule has 0 heterocycles. The molecule has 0 atom stereocenters. The fraction of sp³-hybridized carbons (Fsp3) is 0.895. The largest absolute Gasteiger partial charge is 0.481 e. The monoisotopic (exact) mass is 305 g/mol. The molecule has 3 heteroatoms. The highest BCUT2D eigenvalue weighted by atomic mass is 16.4. The SMILES string of the molecule is CCCCCC1CCC(C2(C(=O)O)CCC(C#N)CC2)CC1. The maximum atomic E-state index is 12.0. The van der Waals surface area contributed by atoms with E-state index in [0.717, 1.165) is 31.6 Å². The minimum Gasteiger partial charge on any atom is -0.481 e. The molecule has 0 radical (unpaired) electrons. The summed E-state index contributed by atoms with van der Waals surface area (Å²) in [5, 5.41) is 18.9. The average molecular weight is 305 g/mol. The molecule has 0 aromatic carbocycles. The lowest BCUT2D eigenvalue weighted by molar-refractivity contribution is -0.157. The Balaban J connectivity index is 1.90. The molecule has 0 unspecified atom stereocenters. The van der Waals surface area contributed by atoms with Crippen LogP contribution in [-0.4, -0.2) is 11.1 Å². The fourth-order valence-electron chi connectivity index (χ4n) is 4.75. The molecule has 1 N–H and O–H groups in total. The number of carboxylic acids is 1. The summed E-state index contributed by atoms with van der Waals surface area (Å²) in [7, 11) is 0. The maximum Gasteiger partial charge on any atom is 0.309 e. The van der Waals surface area contributed by atoms with Gasteiger partial charge in [-0.3, -0.25) is 4.79 Å². The summed E-state index contributed by atoms with van der Waals surface area (Å²) in [5.74, 6) is 0.646. The number of rotatable bonds is 6. The number of nitriles is 1. The number of carbonyl (C=O) groups is 1. The second-order valence-corrected chi connectivity index (χ2v) is 7.58. The molecule has 2 saturated carbocycles. The van der Waals surface area contributed by atoms with Gasteiger partial charge in [0.25, 0.3) is 0 Å². The number of hydrogen-bond donors (Lipinski definition) is 1. The Morgan fingerprint density at radius 3 is 2.27 bits per heavy atom. The zero-order valence-corrected chi connectivity index (χ0v) is 14.0. The summed E-state index contributed by atoms with van der Waals surface area (Å²) in [5.41, 5.74) is -0.526. The van der Waals surface area contributed by atoms with Crippen LogP contribution >= 0.6 is 0 Å². The molecular weight excluding hydrogens is 274 g/mol. The Bertz CT molecular complexity index is 396. The van der Waals surface area contributed by atoms with Crippen LogP contribution in [0, 0.1) is 34.5 Å². The molecule has 0 spiro atoms. The van der Waals surface area contributed by atoms with Crippen LogP contribution in [0.1, 0.15) is 84.0 Å². The normalized spacial score (nSPS) is 35.7. The van der Waals surface area contributed by atoms with E-state index in [2.05, 4.69) is 13.0 Å². The van der Waals surface area contributed by atoms with E-state index in [1.54, 1.807) is 0 Å². The van der Waals surface area contributed by atoms with Crippen molar-refractivity contribution in [1.82, 2.24) is 0 Å². The van der Waals surface area contributed by atoms with Gasteiger partial charge in [-0.25, -0.2) is 0 Å². The lowest BCUT2D eigenvalue weighted by Gasteiger charge is -2.44. The fourth-order valence-corrected chi connectivity index (χ4v) is 4.75. The Morgan fingerprint density at radius 2 is 1.77 bits per heavy atom. The first-order chi connectivity index (χ1) is 10.6. The Hall–Kier alpha value is -1.04. The van der Waals surface area contributed by atoms with Gasteiger partial charge in [0.1, 0.15) is 0 Å². The highest BCUT2D eigenvalue weighted by Crippen LogP contribution is 2.50. The first-order valence-corrected chi connectivity index (χ1v) is 9.25. The lowest BCUT2D eigenvalue weighted by Crippen LogP contribution is -2.43. The van der Waals surface area contributed by atoms with Crippen LogP contribution in [0.5, 0.6) is 0 Å². The van der Waals surface area contributed by atoms with Crippen LogP contribution in [-0.2, 0) is 4.79 Å². The predicted octanol–water partition coefficient (Wildman–Crippen LogP) is 5.16. The lowest BCUT2D eigenvalue weighted by atomic mass is 9.59. The molecule has 0 aromatic heterocycles. The van der Waals surface area contributed by atoms with Crippen LogP contribution in [0.2, 0.25) is 0 Å². The Kier molecular flexibility index (Phi) is 6.29. The summed E-state index contributed by atoms with van der Waals surface area (Å²) in [6, 6.07) is 2.33. The molecule has 2 fully saturated rings. The Morgan fingerprint density at radius 1 is 1.14 bits per heavy atom. The predicted molar refractivity (Wildman–Crippen MR) is 87.2 cm³/mol. The van der Waals surface area contributed by atoms with E-state index >= 15 is 0 Å². The quantitative estimate of drug-likeness (QED) is 0.690. The minimum absolute atomic E-state index is 0.0813. The standard InChI is InChI=1S/C19H31NO2/c1-2-3-4-5-15-6-8-17(9-7-15)19(18(21)22)12-10-16(14-20)11-13-19/h15-17H,2-13H2,1H3,(H,21,22). The summed E-state index contributed by atoms with van der Waals surface area (Å²) >= 11 is 0. The third-order valence-corrected chi connectivity index (χ3v) is 6.33. The molecule has 0 aliphatic heterocycles. The van der Waals surface area contributed by atoms with Gasteiger partial charge in [-0.1, -0.05) is 45.4 Å². The molecule has 0 amide bonds. The van der Waals surface area contributed by atoms with Crippen molar-refractivity contribution in [2.24, 2.45) is 23.2 Å². The number of carboxylic acid groups (broad SMARTS) is 1. The van der Waals surface area contributed by atoms with Crippen molar-refractivity contribution < 1.29 is 9.90 Å². The molecule has 0 aromatic rings. The Labute approximate surface area is 135 Å². The van der Waals surface area contributed by atoms with Gasteiger partial charge in [-0.15, -0.1) is 0 Å². The van der Waals surface area contributed by atoms with Crippen molar-refractivity contribution in [3.8, 4) is 6.07 Å². The van der Waals surface area contributed by atoms with Crippen molar-refractivity contribution in [3.05, 3.63) is 0 Å². The number of nitrogens with zero attached hydrogens (tertiary/aromatic N) is 1. The van der Waals surface area contributed by atoms with Crippen molar-refractivity contribution in [3.63, 3.8) is 0 Å². The molecule has 2 aliphatic rings. The van der Waals surface area contributed by atoms with E-state index < -0.39 is 11.4 Å². The molecule has 2 rings (SSSR count). The average Bonchev–Trinajstić information content (AvgIpc) is 2.55. The minimum atomic E-state index is -0.599. The molecule has 2 aliphatic carbocycles. The third kappa shape index (κ3) is 3.83. The van der Waals surface area contributed by atoms with Crippen molar-refractivity contribution in [1.29, 1.82) is 5.26 Å². The van der Waals surface area contributed by atoms with Crippen LogP contribution < -0.4 is 0 Å². The van der Waals surface area contributed by atoms with E-state index in [0.29, 0.717) is 18.8 Å². The number of aliphatic carboxylic acids is 1. The topological polar surface area (TPSA) is 61.1 Å². The van der Waals surface area contributed by atoms with Crippen molar-refractivity contribution >= 4 is 5.97 Å². The van der Waals surface area contributed by atoms with Crippen LogP contribution in [0.3, 0.4) is 0 Å². The summed E-state index contributed by atoms with van der Waals surface area (Å²) in [6.07, 6.45) is 12.8. The third-order valence-electron chi connectivity index (χ3n) is 6.33. The van der Waals surface area contributed by atoms with Gasteiger partial charge in [0.2, 0.25) is 0 Å². The van der Waals surface area contributed by atoms with Gasteiger partial charge in [0.15, 0.2) is 0 Å². The van der Waals surface area contributed by atoms with Gasteiger partial charge in [-0.2, -0.15) is 5.26 Å². The number of unbranched alkanes of at least 4 members (excludes halogenated alkanes) is 2. The van der Waals surface area contributed by atoms with Gasteiger partial charge >= 0.3 is 5.97 Å². The smallest absolute Gasteiger partial charge is 0.309 e. The maximum absolute atomic E-state index is 12.0. The molecule has 0 bridgehead atoms. The van der Waals surface area contributed by atoms with E-state index in [1.165, 1.54) is 38.5 Å². The van der Waals surface area contributed by atoms with Gasteiger partial charge < -0.3 is 5.11 Å². The molecular formula is C19H31NO2. The first kappa shape index (κ1) is 17.3. The summed E-state index contributed by atoms with van der Waals surface area (Å²) in [6.45, 7) is 2.24. The second-order valence-electron chi connectivity index (χ2n) is 7.58. The zero-order valence-electron chi connectivity index (χ0n) is 14.0. The molecule has 22 heavy (non-hydrogen) atoms. The van der Waals surface area contributed by atoms with Gasteiger partial charge in [0, 0.05) is 5.92 Å². The zero-order chi connectivity index (χ0) is 16.0. The highest BCUT2D eigenvalue weighted by molar-refractivity contribution is 5.75. The molecule has 3 nitrogen and oxygen atoms in total. The van der Waals surface area contributed by atoms with E-state index in [-0.39, 0.29) is 5.92 Å². The molecule has 0 saturated heterocycles. The van der Waals surface area contributed by atoms with Crippen molar-refractivity contribution in [2.45, 2.75) is 84.0 Å². The second kappa shape index (κ2) is 7.99. The van der Waals surface area contributed by atoms with E-state index in [1.807, 2.05) is 0 Å². The van der Waals surface area contributed by atoms with Gasteiger partial charge in [0.05, 0.1) is 11.5 Å². The van der Waals surface area contributed by atoms with E-state index in [9.17, 15) is 9.90 Å². The van der Waals surface area contributed by atoms with Crippen LogP contribution in [0.4, 0.5) is 0 Å². The van der Waals surface area contributed by atoms with Gasteiger partial charge in [-0.05, 0) is 50.4 Å².